The van der Waals surface area contributed by atoms with E-state index in [2.05, 4.69) is 29.6 Å². The zero-order chi connectivity index (χ0) is 21.9. The number of carbonyl (C=O) groups excluding carboxylic acids is 1. The standard InChI is InChI=1S/C25H25ClN2O3/c1-2-19-11-13-23(14-12-19)30-15-6-16-31-24-10-4-3-7-21(24)18-27-28-25(29)20-8-5-9-22(26)17-20/h3-5,7-14,17-18H,2,6,15-16H2,1H3,(H,28,29)/b27-18+. The number of benzene rings is 3. The fraction of sp³-hybridized carbons (Fsp3) is 0.200. The Morgan fingerprint density at radius 3 is 2.55 bits per heavy atom. The molecule has 0 bridgehead atoms. The van der Waals surface area contributed by atoms with Crippen molar-refractivity contribution in [3.8, 4) is 11.5 Å². The molecular formula is C25H25ClN2O3. The van der Waals surface area contributed by atoms with Crippen LogP contribution in [0, 0.1) is 0 Å². The Morgan fingerprint density at radius 2 is 1.77 bits per heavy atom. The smallest absolute Gasteiger partial charge is 0.271 e. The highest BCUT2D eigenvalue weighted by Gasteiger charge is 2.05. The highest BCUT2D eigenvalue weighted by molar-refractivity contribution is 6.30. The average Bonchev–Trinajstić information content (AvgIpc) is 2.80. The lowest BCUT2D eigenvalue weighted by atomic mass is 10.2. The molecule has 0 radical (unpaired) electrons. The van der Waals surface area contributed by atoms with E-state index >= 15 is 0 Å². The first kappa shape index (κ1) is 22.4. The van der Waals surface area contributed by atoms with E-state index in [1.165, 1.54) is 5.56 Å². The maximum atomic E-state index is 12.1. The van der Waals surface area contributed by atoms with Crippen molar-refractivity contribution < 1.29 is 14.3 Å². The molecule has 3 aromatic rings. The zero-order valence-electron chi connectivity index (χ0n) is 17.4. The van der Waals surface area contributed by atoms with Crippen LogP contribution in [0.15, 0.2) is 77.9 Å². The Balaban J connectivity index is 1.46. The molecule has 0 aliphatic rings. The lowest BCUT2D eigenvalue weighted by Gasteiger charge is -2.10. The Bertz CT molecular complexity index is 1020. The van der Waals surface area contributed by atoms with Crippen LogP contribution in [0.1, 0.15) is 34.8 Å². The average molecular weight is 437 g/mol. The van der Waals surface area contributed by atoms with Gasteiger partial charge in [0.25, 0.3) is 5.91 Å². The van der Waals surface area contributed by atoms with Gasteiger partial charge < -0.3 is 9.47 Å². The number of halogens is 1. The minimum absolute atomic E-state index is 0.332. The summed E-state index contributed by atoms with van der Waals surface area (Å²) < 4.78 is 11.6. The van der Waals surface area contributed by atoms with E-state index in [-0.39, 0.29) is 5.91 Å². The van der Waals surface area contributed by atoms with Crippen LogP contribution < -0.4 is 14.9 Å². The minimum Gasteiger partial charge on any atom is -0.493 e. The number of amides is 1. The molecule has 1 amide bonds. The zero-order valence-corrected chi connectivity index (χ0v) is 18.1. The van der Waals surface area contributed by atoms with Crippen LogP contribution in [0.4, 0.5) is 0 Å². The molecule has 0 heterocycles. The summed E-state index contributed by atoms with van der Waals surface area (Å²) in [6.07, 6.45) is 3.32. The predicted molar refractivity (Wildman–Crippen MR) is 124 cm³/mol. The van der Waals surface area contributed by atoms with Gasteiger partial charge in [-0.25, -0.2) is 5.43 Å². The molecule has 5 nitrogen and oxygen atoms in total. The van der Waals surface area contributed by atoms with E-state index in [9.17, 15) is 4.79 Å². The van der Waals surface area contributed by atoms with Crippen LogP contribution in [-0.4, -0.2) is 25.3 Å². The van der Waals surface area contributed by atoms with Crippen LogP contribution in [0.2, 0.25) is 5.02 Å². The number of carbonyl (C=O) groups is 1. The van der Waals surface area contributed by atoms with Gasteiger partial charge in [0.1, 0.15) is 11.5 Å². The van der Waals surface area contributed by atoms with E-state index in [0.717, 1.165) is 24.2 Å². The number of nitrogens with zero attached hydrogens (tertiary/aromatic N) is 1. The second-order valence-electron chi connectivity index (χ2n) is 6.80. The molecule has 6 heteroatoms. The van der Waals surface area contributed by atoms with Gasteiger partial charge in [-0.3, -0.25) is 4.79 Å². The van der Waals surface area contributed by atoms with Gasteiger partial charge >= 0.3 is 0 Å². The highest BCUT2D eigenvalue weighted by atomic mass is 35.5. The number of nitrogens with one attached hydrogen (secondary N) is 1. The molecular weight excluding hydrogens is 412 g/mol. The second kappa shape index (κ2) is 11.8. The monoisotopic (exact) mass is 436 g/mol. The van der Waals surface area contributed by atoms with Crippen molar-refractivity contribution in [2.24, 2.45) is 5.10 Å². The first-order valence-electron chi connectivity index (χ1n) is 10.2. The lowest BCUT2D eigenvalue weighted by molar-refractivity contribution is 0.0955. The highest BCUT2D eigenvalue weighted by Crippen LogP contribution is 2.17. The molecule has 0 saturated heterocycles. The summed E-state index contributed by atoms with van der Waals surface area (Å²) in [5, 5.41) is 4.53. The molecule has 1 N–H and O–H groups in total. The van der Waals surface area contributed by atoms with Gasteiger partial charge in [-0.15, -0.1) is 0 Å². The molecule has 0 aliphatic carbocycles. The number of para-hydroxylation sites is 1. The van der Waals surface area contributed by atoms with Crippen LogP contribution >= 0.6 is 11.6 Å². The van der Waals surface area contributed by atoms with Crippen molar-refractivity contribution >= 4 is 23.7 Å². The number of hydrazone groups is 1. The molecule has 0 atom stereocenters. The van der Waals surface area contributed by atoms with E-state index in [1.807, 2.05) is 36.4 Å². The number of rotatable bonds is 10. The number of aryl methyl sites for hydroxylation is 1. The van der Waals surface area contributed by atoms with Gasteiger partial charge in [-0.1, -0.05) is 48.9 Å². The van der Waals surface area contributed by atoms with Gasteiger partial charge in [0.15, 0.2) is 0 Å². The topological polar surface area (TPSA) is 59.9 Å². The third-order valence-corrected chi connectivity index (χ3v) is 4.76. The third kappa shape index (κ3) is 7.15. The van der Waals surface area contributed by atoms with E-state index in [4.69, 9.17) is 21.1 Å². The van der Waals surface area contributed by atoms with E-state index in [0.29, 0.717) is 29.5 Å². The molecule has 0 fully saturated rings. The van der Waals surface area contributed by atoms with Crippen molar-refractivity contribution in [1.82, 2.24) is 5.43 Å². The lowest BCUT2D eigenvalue weighted by Crippen LogP contribution is -2.17. The van der Waals surface area contributed by atoms with Crippen LogP contribution in [0.5, 0.6) is 11.5 Å². The minimum atomic E-state index is -0.332. The molecule has 0 spiro atoms. The number of hydrogen-bond donors (Lipinski definition) is 1. The van der Waals surface area contributed by atoms with Gasteiger partial charge in [-0.05, 0) is 54.4 Å². The molecule has 0 unspecified atom stereocenters. The van der Waals surface area contributed by atoms with Crippen LogP contribution in [-0.2, 0) is 6.42 Å². The largest absolute Gasteiger partial charge is 0.493 e. The second-order valence-corrected chi connectivity index (χ2v) is 7.23. The van der Waals surface area contributed by atoms with E-state index < -0.39 is 0 Å². The number of hydrogen-bond acceptors (Lipinski definition) is 4. The van der Waals surface area contributed by atoms with Gasteiger partial charge in [0.2, 0.25) is 0 Å². The summed E-state index contributed by atoms with van der Waals surface area (Å²) in [4.78, 5) is 12.1. The molecule has 160 valence electrons. The Kier molecular flexibility index (Phi) is 8.49. The van der Waals surface area contributed by atoms with E-state index in [1.54, 1.807) is 30.5 Å². The van der Waals surface area contributed by atoms with Crippen molar-refractivity contribution in [2.75, 3.05) is 13.2 Å². The summed E-state index contributed by atoms with van der Waals surface area (Å²) in [6, 6.07) is 22.3. The Labute approximate surface area is 187 Å². The van der Waals surface area contributed by atoms with Gasteiger partial charge in [0.05, 0.1) is 19.4 Å². The Hall–Kier alpha value is -3.31. The first-order valence-corrected chi connectivity index (χ1v) is 10.6. The summed E-state index contributed by atoms with van der Waals surface area (Å²) in [5.74, 6) is 1.22. The molecule has 0 saturated carbocycles. The summed E-state index contributed by atoms with van der Waals surface area (Å²) >= 11 is 5.91. The first-order chi connectivity index (χ1) is 15.2. The molecule has 0 aliphatic heterocycles. The van der Waals surface area contributed by atoms with Gasteiger partial charge in [-0.2, -0.15) is 5.10 Å². The van der Waals surface area contributed by atoms with Crippen molar-refractivity contribution in [1.29, 1.82) is 0 Å². The Morgan fingerprint density at radius 1 is 1.00 bits per heavy atom. The predicted octanol–water partition coefficient (Wildman–Crippen LogP) is 5.51. The quantitative estimate of drug-likeness (QED) is 0.259. The third-order valence-electron chi connectivity index (χ3n) is 4.52. The van der Waals surface area contributed by atoms with Crippen molar-refractivity contribution in [2.45, 2.75) is 19.8 Å². The van der Waals surface area contributed by atoms with Crippen LogP contribution in [0.3, 0.4) is 0 Å². The van der Waals surface area contributed by atoms with Gasteiger partial charge in [0, 0.05) is 22.6 Å². The van der Waals surface area contributed by atoms with Crippen molar-refractivity contribution in [3.05, 3.63) is 94.5 Å². The molecule has 3 aromatic carbocycles. The fourth-order valence-electron chi connectivity index (χ4n) is 2.83. The summed E-state index contributed by atoms with van der Waals surface area (Å²) in [5.41, 5.74) is 5.00. The number of ether oxygens (including phenoxy) is 2. The molecule has 0 aromatic heterocycles. The normalized spacial score (nSPS) is 10.8. The van der Waals surface area contributed by atoms with Crippen molar-refractivity contribution in [3.63, 3.8) is 0 Å². The summed E-state index contributed by atoms with van der Waals surface area (Å²) in [6.45, 7) is 3.20. The summed E-state index contributed by atoms with van der Waals surface area (Å²) in [7, 11) is 0. The molecule has 3 rings (SSSR count). The molecule has 31 heavy (non-hydrogen) atoms. The maximum absolute atomic E-state index is 12.1. The fourth-order valence-corrected chi connectivity index (χ4v) is 3.02. The maximum Gasteiger partial charge on any atom is 0.271 e. The van der Waals surface area contributed by atoms with Crippen LogP contribution in [0.25, 0.3) is 0 Å². The SMILES string of the molecule is CCc1ccc(OCCCOc2ccccc2/C=N/NC(=O)c2cccc(Cl)c2)cc1.